The lowest BCUT2D eigenvalue weighted by Crippen LogP contribution is -2.47. The maximum absolute atomic E-state index is 10.6. The molecule has 0 bridgehead atoms. The summed E-state index contributed by atoms with van der Waals surface area (Å²) < 4.78 is 0. The summed E-state index contributed by atoms with van der Waals surface area (Å²) in [5.41, 5.74) is -0.00400. The van der Waals surface area contributed by atoms with Crippen molar-refractivity contribution in [1.82, 2.24) is 5.32 Å². The molecule has 1 heterocycles. The van der Waals surface area contributed by atoms with Crippen molar-refractivity contribution in [3.63, 3.8) is 0 Å². The van der Waals surface area contributed by atoms with E-state index in [0.717, 1.165) is 37.5 Å². The fourth-order valence-electron chi connectivity index (χ4n) is 2.86. The minimum absolute atomic E-state index is 0.434. The van der Waals surface area contributed by atoms with Crippen LogP contribution in [0, 0.1) is 5.41 Å². The number of hydrogen-bond donors (Lipinski definition) is 2. The van der Waals surface area contributed by atoms with E-state index in [1.807, 2.05) is 11.8 Å². The Morgan fingerprint density at radius 2 is 1.88 bits per heavy atom. The molecule has 2 atom stereocenters. The van der Waals surface area contributed by atoms with Crippen molar-refractivity contribution < 1.29 is 5.11 Å². The van der Waals surface area contributed by atoms with Crippen molar-refractivity contribution in [1.29, 1.82) is 0 Å². The van der Waals surface area contributed by atoms with E-state index < -0.39 is 5.60 Å². The van der Waals surface area contributed by atoms with Gasteiger partial charge in [0.25, 0.3) is 0 Å². The molecule has 2 rings (SSSR count). The predicted molar refractivity (Wildman–Crippen MR) is 75.5 cm³/mol. The molecule has 3 heteroatoms. The molecule has 2 N–H and O–H groups in total. The molecule has 0 amide bonds. The van der Waals surface area contributed by atoms with E-state index in [1.165, 1.54) is 12.2 Å². The molecule has 2 nitrogen and oxygen atoms in total. The molecular weight excluding hydrogens is 230 g/mol. The average Bonchev–Trinajstić information content (AvgIpc) is 2.67. The van der Waals surface area contributed by atoms with Gasteiger partial charge < -0.3 is 10.4 Å². The van der Waals surface area contributed by atoms with Gasteiger partial charge >= 0.3 is 0 Å². The lowest BCUT2D eigenvalue weighted by molar-refractivity contribution is -0.0256. The monoisotopic (exact) mass is 257 g/mol. The van der Waals surface area contributed by atoms with Crippen molar-refractivity contribution >= 4 is 11.8 Å². The summed E-state index contributed by atoms with van der Waals surface area (Å²) in [4.78, 5) is 0. The molecule has 0 aromatic heterocycles. The molecule has 1 saturated carbocycles. The summed E-state index contributed by atoms with van der Waals surface area (Å²) in [5, 5.41) is 14.9. The van der Waals surface area contributed by atoms with Crippen LogP contribution in [0.2, 0.25) is 0 Å². The van der Waals surface area contributed by atoms with E-state index in [-0.39, 0.29) is 0 Å². The third-order valence-electron chi connectivity index (χ3n) is 4.45. The fourth-order valence-corrected chi connectivity index (χ4v) is 4.05. The van der Waals surface area contributed by atoms with Gasteiger partial charge in [0.15, 0.2) is 0 Å². The van der Waals surface area contributed by atoms with Gasteiger partial charge in [0, 0.05) is 23.6 Å². The Labute approximate surface area is 110 Å². The zero-order valence-corrected chi connectivity index (χ0v) is 12.3. The van der Waals surface area contributed by atoms with E-state index in [0.29, 0.717) is 11.5 Å². The van der Waals surface area contributed by atoms with Gasteiger partial charge in [-0.25, -0.2) is 0 Å². The smallest absolute Gasteiger partial charge is 0.0772 e. The number of rotatable bonds is 3. The Morgan fingerprint density at radius 3 is 2.41 bits per heavy atom. The predicted octanol–water partition coefficient (Wildman–Crippen LogP) is 2.80. The number of thioether (sulfide) groups is 1. The molecule has 0 radical (unpaired) electrons. The van der Waals surface area contributed by atoms with Gasteiger partial charge in [0.2, 0.25) is 0 Å². The van der Waals surface area contributed by atoms with Gasteiger partial charge in [0.1, 0.15) is 0 Å². The normalized spacial score (nSPS) is 36.0. The van der Waals surface area contributed by atoms with Crippen LogP contribution in [-0.4, -0.2) is 34.3 Å². The van der Waals surface area contributed by atoms with Gasteiger partial charge in [-0.05, 0) is 37.5 Å². The lowest BCUT2D eigenvalue weighted by Gasteiger charge is -2.40. The molecule has 0 aromatic rings. The zero-order valence-electron chi connectivity index (χ0n) is 11.5. The van der Waals surface area contributed by atoms with Crippen LogP contribution < -0.4 is 5.32 Å². The molecule has 0 spiro atoms. The molecule has 1 aliphatic heterocycles. The summed E-state index contributed by atoms with van der Waals surface area (Å²) in [6.07, 6.45) is 5.49. The second kappa shape index (κ2) is 5.10. The quantitative estimate of drug-likeness (QED) is 0.815. The number of aliphatic hydroxyl groups is 1. The Bertz CT molecular complexity index is 257. The van der Waals surface area contributed by atoms with E-state index in [1.54, 1.807) is 0 Å². The maximum atomic E-state index is 10.6. The summed E-state index contributed by atoms with van der Waals surface area (Å²) in [6, 6.07) is 0.619. The van der Waals surface area contributed by atoms with Crippen LogP contribution >= 0.6 is 11.8 Å². The van der Waals surface area contributed by atoms with Crippen LogP contribution in [0.3, 0.4) is 0 Å². The Kier molecular flexibility index (Phi) is 4.11. The number of hydrogen-bond acceptors (Lipinski definition) is 3. The van der Waals surface area contributed by atoms with E-state index in [4.69, 9.17) is 0 Å². The van der Waals surface area contributed by atoms with Crippen LogP contribution in [-0.2, 0) is 0 Å². The van der Waals surface area contributed by atoms with Gasteiger partial charge in [-0.1, -0.05) is 20.8 Å². The highest BCUT2D eigenvalue weighted by molar-refractivity contribution is 8.00. The molecule has 2 unspecified atom stereocenters. The average molecular weight is 257 g/mol. The van der Waals surface area contributed by atoms with Crippen LogP contribution in [0.5, 0.6) is 0 Å². The summed E-state index contributed by atoms with van der Waals surface area (Å²) in [7, 11) is 0. The Morgan fingerprint density at radius 1 is 1.24 bits per heavy atom. The second-order valence-electron chi connectivity index (χ2n) is 6.85. The van der Waals surface area contributed by atoms with Crippen molar-refractivity contribution in [2.45, 2.75) is 69.8 Å². The van der Waals surface area contributed by atoms with Crippen molar-refractivity contribution in [3.8, 4) is 0 Å². The standard InChI is InChI=1S/C14H27NOS/c1-11-8-12(9-17-11)15-10-14(16)6-4-13(2,3)5-7-14/h11-12,15-16H,4-10H2,1-3H3. The van der Waals surface area contributed by atoms with Gasteiger partial charge in [0.05, 0.1) is 5.60 Å². The fraction of sp³-hybridized carbons (Fsp3) is 1.00. The van der Waals surface area contributed by atoms with Crippen LogP contribution in [0.4, 0.5) is 0 Å². The van der Waals surface area contributed by atoms with Gasteiger partial charge in [-0.2, -0.15) is 11.8 Å². The molecular formula is C14H27NOS. The minimum atomic E-state index is -0.438. The summed E-state index contributed by atoms with van der Waals surface area (Å²) in [5.74, 6) is 1.21. The maximum Gasteiger partial charge on any atom is 0.0772 e. The zero-order chi connectivity index (χ0) is 12.5. The Balaban J connectivity index is 1.75. The molecule has 17 heavy (non-hydrogen) atoms. The van der Waals surface area contributed by atoms with E-state index >= 15 is 0 Å². The molecule has 1 aliphatic carbocycles. The van der Waals surface area contributed by atoms with E-state index in [9.17, 15) is 5.11 Å². The lowest BCUT2D eigenvalue weighted by atomic mass is 9.71. The summed E-state index contributed by atoms with van der Waals surface area (Å²) >= 11 is 2.05. The first-order chi connectivity index (χ1) is 7.89. The van der Waals surface area contributed by atoms with Crippen molar-refractivity contribution in [2.75, 3.05) is 12.3 Å². The first-order valence-corrected chi connectivity index (χ1v) is 8.01. The third-order valence-corrected chi connectivity index (χ3v) is 5.81. The minimum Gasteiger partial charge on any atom is -0.389 e. The summed E-state index contributed by atoms with van der Waals surface area (Å²) in [6.45, 7) is 7.72. The van der Waals surface area contributed by atoms with Crippen molar-refractivity contribution in [2.24, 2.45) is 5.41 Å². The van der Waals surface area contributed by atoms with Crippen molar-refractivity contribution in [3.05, 3.63) is 0 Å². The third kappa shape index (κ3) is 3.87. The highest BCUT2D eigenvalue weighted by Crippen LogP contribution is 2.40. The van der Waals surface area contributed by atoms with E-state index in [2.05, 4.69) is 26.1 Å². The molecule has 1 saturated heterocycles. The first-order valence-electron chi connectivity index (χ1n) is 6.96. The molecule has 2 aliphatic rings. The topological polar surface area (TPSA) is 32.3 Å². The number of nitrogens with one attached hydrogen (secondary N) is 1. The van der Waals surface area contributed by atoms with Crippen LogP contribution in [0.1, 0.15) is 52.9 Å². The first kappa shape index (κ1) is 13.7. The Hall–Kier alpha value is 0.270. The molecule has 0 aromatic carbocycles. The van der Waals surface area contributed by atoms with Crippen LogP contribution in [0.15, 0.2) is 0 Å². The second-order valence-corrected chi connectivity index (χ2v) is 8.32. The largest absolute Gasteiger partial charge is 0.389 e. The highest BCUT2D eigenvalue weighted by Gasteiger charge is 2.37. The van der Waals surface area contributed by atoms with Gasteiger partial charge in [-0.3, -0.25) is 0 Å². The molecule has 2 fully saturated rings. The molecule has 100 valence electrons. The van der Waals surface area contributed by atoms with Crippen LogP contribution in [0.25, 0.3) is 0 Å². The SMILES string of the molecule is CC1CC(NCC2(O)CCC(C)(C)CC2)CS1. The highest BCUT2D eigenvalue weighted by atomic mass is 32.2. The van der Waals surface area contributed by atoms with Gasteiger partial charge in [-0.15, -0.1) is 0 Å².